The Hall–Kier alpha value is -5.10. The van der Waals surface area contributed by atoms with Crippen LogP contribution < -0.4 is 15.2 Å². The van der Waals surface area contributed by atoms with Crippen molar-refractivity contribution in [2.45, 2.75) is 20.5 Å². The monoisotopic (exact) mass is 513 g/mol. The quantitative estimate of drug-likeness (QED) is 0.214. The summed E-state index contributed by atoms with van der Waals surface area (Å²) in [5, 5.41) is 3.67. The number of hydrogen-bond donors (Lipinski definition) is 1. The summed E-state index contributed by atoms with van der Waals surface area (Å²) in [6.07, 6.45) is 1.67. The number of hydrogen-bond acceptors (Lipinski definition) is 3. The van der Waals surface area contributed by atoms with Crippen molar-refractivity contribution in [1.29, 1.82) is 0 Å². The molecule has 1 fully saturated rings. The molecule has 6 rings (SSSR count). The largest absolute Gasteiger partial charge is 0.489 e. The predicted octanol–water partition coefficient (Wildman–Crippen LogP) is 6.29. The van der Waals surface area contributed by atoms with E-state index in [9.17, 15) is 9.59 Å². The number of carbonyl (C=O) groups excluding carboxylic acids is 2. The Morgan fingerprint density at radius 2 is 1.51 bits per heavy atom. The normalized spacial score (nSPS) is 14.3. The number of benzene rings is 4. The number of nitrogens with zero attached hydrogens (tertiary/aromatic N) is 2. The first kappa shape index (κ1) is 24.2. The van der Waals surface area contributed by atoms with Gasteiger partial charge in [-0.1, -0.05) is 60.7 Å². The number of amides is 2. The number of nitrogens with one attached hydrogen (secondary N) is 1. The van der Waals surface area contributed by atoms with Gasteiger partial charge in [-0.2, -0.15) is 0 Å². The van der Waals surface area contributed by atoms with Crippen molar-refractivity contribution in [2.24, 2.45) is 0 Å². The van der Waals surface area contributed by atoms with Crippen LogP contribution in [0.5, 0.6) is 5.75 Å². The van der Waals surface area contributed by atoms with Crippen molar-refractivity contribution in [3.8, 4) is 11.4 Å². The minimum absolute atomic E-state index is 0.108. The highest BCUT2D eigenvalue weighted by Gasteiger charge is 2.34. The van der Waals surface area contributed by atoms with E-state index in [0.29, 0.717) is 12.3 Å². The Morgan fingerprint density at radius 3 is 2.31 bits per heavy atom. The molecular weight excluding hydrogens is 486 g/mol. The van der Waals surface area contributed by atoms with Gasteiger partial charge < -0.3 is 9.30 Å². The Balaban J connectivity index is 1.22. The zero-order valence-corrected chi connectivity index (χ0v) is 21.7. The van der Waals surface area contributed by atoms with Crippen LogP contribution in [0.3, 0.4) is 0 Å². The van der Waals surface area contributed by atoms with Crippen LogP contribution in [0.15, 0.2) is 109 Å². The maximum atomic E-state index is 13.0. The molecule has 4 aromatic carbocycles. The van der Waals surface area contributed by atoms with Crippen LogP contribution in [0.2, 0.25) is 0 Å². The summed E-state index contributed by atoms with van der Waals surface area (Å²) in [5.41, 5.74) is 8.24. The van der Waals surface area contributed by atoms with Crippen LogP contribution in [0.4, 0.5) is 5.69 Å². The number of para-hydroxylation sites is 1. The number of hydrazine groups is 1. The van der Waals surface area contributed by atoms with Gasteiger partial charge >= 0.3 is 0 Å². The molecule has 0 atom stereocenters. The predicted molar refractivity (Wildman–Crippen MR) is 154 cm³/mol. The molecule has 0 unspecified atom stereocenters. The smallest absolute Gasteiger partial charge is 0.282 e. The highest BCUT2D eigenvalue weighted by Crippen LogP contribution is 2.27. The molecule has 6 nitrogen and oxygen atoms in total. The Bertz CT molecular complexity index is 1730. The first-order valence-electron chi connectivity index (χ1n) is 12.8. The zero-order chi connectivity index (χ0) is 26.9. The molecule has 1 aromatic heterocycles. The number of carbonyl (C=O) groups is 2. The lowest BCUT2D eigenvalue weighted by molar-refractivity contribution is -0.117. The van der Waals surface area contributed by atoms with E-state index in [1.807, 2.05) is 74.5 Å². The van der Waals surface area contributed by atoms with Crippen LogP contribution in [-0.4, -0.2) is 16.4 Å². The van der Waals surface area contributed by atoms with Crippen molar-refractivity contribution >= 4 is 34.4 Å². The molecule has 0 saturated carbocycles. The zero-order valence-electron chi connectivity index (χ0n) is 21.7. The molecule has 6 heteroatoms. The Morgan fingerprint density at radius 1 is 0.795 bits per heavy atom. The van der Waals surface area contributed by atoms with E-state index in [4.69, 9.17) is 4.74 Å². The van der Waals surface area contributed by atoms with E-state index in [2.05, 4.69) is 40.3 Å². The van der Waals surface area contributed by atoms with Gasteiger partial charge in [0.05, 0.1) is 5.69 Å². The standard InChI is InChI=1S/C33H27N3O3/c1-22-19-26(20-31-32(37)34-36(33(31)38)28-12-4-3-5-13-28)23(2)35(22)27-15-17-29(18-16-27)39-21-25-11-8-10-24-9-6-7-14-30(24)25/h3-20H,21H2,1-2H3,(H,34,37)/b31-20-. The number of ether oxygens (including phenoxy) is 1. The van der Waals surface area contributed by atoms with Crippen LogP contribution in [-0.2, 0) is 16.2 Å². The van der Waals surface area contributed by atoms with Crippen LogP contribution >= 0.6 is 0 Å². The van der Waals surface area contributed by atoms with Crippen molar-refractivity contribution in [3.63, 3.8) is 0 Å². The number of aryl methyl sites for hydroxylation is 1. The molecule has 1 aliphatic heterocycles. The summed E-state index contributed by atoms with van der Waals surface area (Å²) in [5.74, 6) is -0.00392. The van der Waals surface area contributed by atoms with E-state index in [1.54, 1.807) is 18.2 Å². The minimum atomic E-state index is -0.415. The first-order valence-corrected chi connectivity index (χ1v) is 12.8. The molecule has 192 valence electrons. The minimum Gasteiger partial charge on any atom is -0.489 e. The van der Waals surface area contributed by atoms with Crippen molar-refractivity contribution < 1.29 is 14.3 Å². The third kappa shape index (κ3) is 4.57. The maximum absolute atomic E-state index is 13.0. The number of fused-ring (bicyclic) bond motifs is 1. The molecule has 1 N–H and O–H groups in total. The highest BCUT2D eigenvalue weighted by atomic mass is 16.5. The van der Waals surface area contributed by atoms with Crippen LogP contribution in [0.1, 0.15) is 22.5 Å². The third-order valence-electron chi connectivity index (χ3n) is 7.05. The van der Waals surface area contributed by atoms with Gasteiger partial charge in [0.15, 0.2) is 0 Å². The Kier molecular flexibility index (Phi) is 6.21. The molecular formula is C33H27N3O3. The van der Waals surface area contributed by atoms with Crippen molar-refractivity contribution in [3.05, 3.63) is 131 Å². The van der Waals surface area contributed by atoms with Crippen LogP contribution in [0.25, 0.3) is 22.5 Å². The fourth-order valence-corrected chi connectivity index (χ4v) is 5.07. The molecule has 5 aromatic rings. The van der Waals surface area contributed by atoms with Gasteiger partial charge in [0.2, 0.25) is 0 Å². The fourth-order valence-electron chi connectivity index (χ4n) is 5.07. The molecule has 0 radical (unpaired) electrons. The van der Waals surface area contributed by atoms with Crippen molar-refractivity contribution in [2.75, 3.05) is 5.01 Å². The van der Waals surface area contributed by atoms with Gasteiger partial charge in [0, 0.05) is 17.1 Å². The number of rotatable bonds is 6. The summed E-state index contributed by atoms with van der Waals surface area (Å²) < 4.78 is 8.21. The van der Waals surface area contributed by atoms with Gasteiger partial charge in [-0.05, 0) is 84.3 Å². The van der Waals surface area contributed by atoms with Gasteiger partial charge in [-0.3, -0.25) is 15.0 Å². The van der Waals surface area contributed by atoms with Crippen molar-refractivity contribution in [1.82, 2.24) is 9.99 Å². The highest BCUT2D eigenvalue weighted by molar-refractivity contribution is 6.31. The van der Waals surface area contributed by atoms with Gasteiger partial charge in [-0.25, -0.2) is 5.01 Å². The molecule has 2 heterocycles. The SMILES string of the molecule is Cc1cc(/C=C2/C(=O)NN(c3ccccc3)C2=O)c(C)n1-c1ccc(OCc2cccc3ccccc23)cc1. The molecule has 0 spiro atoms. The van der Waals surface area contributed by atoms with Crippen LogP contribution in [0, 0.1) is 13.8 Å². The lowest BCUT2D eigenvalue weighted by Gasteiger charge is -2.13. The summed E-state index contributed by atoms with van der Waals surface area (Å²) in [4.78, 5) is 25.7. The van der Waals surface area contributed by atoms with Gasteiger partial charge in [-0.15, -0.1) is 0 Å². The lowest BCUT2D eigenvalue weighted by Crippen LogP contribution is -2.35. The lowest BCUT2D eigenvalue weighted by atomic mass is 10.1. The summed E-state index contributed by atoms with van der Waals surface area (Å²) in [6.45, 7) is 4.47. The van der Waals surface area contributed by atoms with E-state index in [-0.39, 0.29) is 11.5 Å². The summed E-state index contributed by atoms with van der Waals surface area (Å²) in [6, 6.07) is 33.6. The molecule has 2 amide bonds. The number of anilines is 1. The molecule has 39 heavy (non-hydrogen) atoms. The van der Waals surface area contributed by atoms with E-state index < -0.39 is 5.91 Å². The Labute approximate surface area is 226 Å². The topological polar surface area (TPSA) is 63.6 Å². The molecule has 1 aliphatic rings. The molecule has 0 bridgehead atoms. The van der Waals surface area contributed by atoms with E-state index >= 15 is 0 Å². The molecule has 1 saturated heterocycles. The second kappa shape index (κ2) is 9.99. The second-order valence-corrected chi connectivity index (χ2v) is 9.56. The van der Waals surface area contributed by atoms with Gasteiger partial charge in [0.25, 0.3) is 11.8 Å². The van der Waals surface area contributed by atoms with E-state index in [1.165, 1.54) is 15.8 Å². The summed E-state index contributed by atoms with van der Waals surface area (Å²) >= 11 is 0. The third-order valence-corrected chi connectivity index (χ3v) is 7.05. The summed E-state index contributed by atoms with van der Waals surface area (Å²) in [7, 11) is 0. The maximum Gasteiger partial charge on any atom is 0.282 e. The average molecular weight is 514 g/mol. The first-order chi connectivity index (χ1) is 19.0. The number of aromatic nitrogens is 1. The van der Waals surface area contributed by atoms with E-state index in [0.717, 1.165) is 34.0 Å². The fraction of sp³-hybridized carbons (Fsp3) is 0.0909. The second-order valence-electron chi connectivity index (χ2n) is 9.56. The average Bonchev–Trinajstić information content (AvgIpc) is 3.41. The van der Waals surface area contributed by atoms with Gasteiger partial charge in [0.1, 0.15) is 17.9 Å². The molecule has 0 aliphatic carbocycles.